The van der Waals surface area contributed by atoms with E-state index in [2.05, 4.69) is 266 Å². The predicted octanol–water partition coefficient (Wildman–Crippen LogP) is 12.3. The number of para-hydroxylation sites is 3. The number of benzene rings is 9. The van der Waals surface area contributed by atoms with Gasteiger partial charge in [0.25, 0.3) is 0 Å². The Kier molecular flexibility index (Phi) is 9.59. The zero-order valence-corrected chi connectivity index (χ0v) is 35.0. The molecule has 0 bridgehead atoms. The van der Waals surface area contributed by atoms with Gasteiger partial charge in [0.2, 0.25) is 0 Å². The highest BCUT2D eigenvalue weighted by molar-refractivity contribution is 7.19. The highest BCUT2D eigenvalue weighted by Gasteiger charge is 2.42. The number of hydrogen-bond acceptors (Lipinski definition) is 2. The Balaban J connectivity index is 1.15. The summed E-state index contributed by atoms with van der Waals surface area (Å²) in [5, 5.41) is 5.33. The van der Waals surface area contributed by atoms with E-state index in [9.17, 15) is 0 Å². The second-order valence-electron chi connectivity index (χ2n) is 16.2. The highest BCUT2D eigenvalue weighted by Crippen LogP contribution is 2.50. The van der Waals surface area contributed by atoms with Crippen molar-refractivity contribution in [3.63, 3.8) is 0 Å². The predicted molar refractivity (Wildman–Crippen MR) is 257 cm³/mol. The van der Waals surface area contributed by atoms with E-state index in [0.29, 0.717) is 0 Å². The van der Waals surface area contributed by atoms with E-state index in [-0.39, 0.29) is 5.41 Å². The third-order valence-electron chi connectivity index (χ3n) is 12.4. The molecule has 9 aromatic rings. The summed E-state index contributed by atoms with van der Waals surface area (Å²) in [6.45, 7) is 4.71. The quantitative estimate of drug-likeness (QED) is 0.101. The molecule has 0 heterocycles. The minimum Gasteiger partial charge on any atom is -0.311 e. The molecule has 3 heteroatoms. The Hall–Kier alpha value is -7.20. The Morgan fingerprint density at radius 1 is 0.283 bits per heavy atom. The van der Waals surface area contributed by atoms with Gasteiger partial charge in [-0.25, -0.2) is 0 Å². The molecular formula is C57H46N2Si. The van der Waals surface area contributed by atoms with Gasteiger partial charge in [0.15, 0.2) is 8.07 Å². The molecule has 0 unspecified atom stereocenters. The van der Waals surface area contributed by atoms with Gasteiger partial charge in [0, 0.05) is 39.5 Å². The molecule has 0 radical (unpaired) electrons. The molecule has 0 N–H and O–H groups in total. The van der Waals surface area contributed by atoms with Crippen molar-refractivity contribution in [2.75, 3.05) is 9.80 Å². The van der Waals surface area contributed by atoms with Crippen LogP contribution < -0.4 is 30.5 Å². The Morgan fingerprint density at radius 2 is 0.650 bits per heavy atom. The molecule has 0 aromatic heterocycles. The number of rotatable bonds is 10. The van der Waals surface area contributed by atoms with Crippen molar-refractivity contribution in [2.24, 2.45) is 0 Å². The van der Waals surface area contributed by atoms with Crippen molar-refractivity contribution >= 4 is 62.9 Å². The monoisotopic (exact) mass is 786 g/mol. The van der Waals surface area contributed by atoms with Crippen LogP contribution in [-0.2, 0) is 5.41 Å². The van der Waals surface area contributed by atoms with Gasteiger partial charge in [-0.1, -0.05) is 184 Å². The lowest BCUT2D eigenvalue weighted by Crippen LogP contribution is -2.74. The lowest BCUT2D eigenvalue weighted by atomic mass is 9.82. The van der Waals surface area contributed by atoms with Crippen LogP contribution in [0.4, 0.5) is 34.1 Å². The Morgan fingerprint density at radius 3 is 1.18 bits per heavy atom. The summed E-state index contributed by atoms with van der Waals surface area (Å²) in [6, 6.07) is 89.3. The first-order valence-corrected chi connectivity index (χ1v) is 22.9. The molecule has 0 amide bonds. The van der Waals surface area contributed by atoms with Crippen LogP contribution in [0.1, 0.15) is 25.0 Å². The summed E-state index contributed by atoms with van der Waals surface area (Å²) in [7, 11) is -2.91. The average molecular weight is 787 g/mol. The third kappa shape index (κ3) is 6.35. The fourth-order valence-electron chi connectivity index (χ4n) is 9.57. The fraction of sp³-hybridized carbons (Fsp3) is 0.0526. The van der Waals surface area contributed by atoms with Gasteiger partial charge >= 0.3 is 0 Å². The van der Waals surface area contributed by atoms with Crippen molar-refractivity contribution < 1.29 is 0 Å². The van der Waals surface area contributed by atoms with Crippen LogP contribution in [0.5, 0.6) is 0 Å². The molecule has 0 saturated carbocycles. The number of anilines is 6. The summed E-state index contributed by atoms with van der Waals surface area (Å²) in [6.07, 6.45) is 0. The second-order valence-corrected chi connectivity index (χ2v) is 20.0. The molecule has 0 spiro atoms. The minimum atomic E-state index is -2.91. The van der Waals surface area contributed by atoms with Gasteiger partial charge in [-0.05, 0) is 116 Å². The SMILES string of the molecule is CC1(C)c2ccccc2-c2ccc(N(c3ccccc3)c3ccc([Si](c4ccccc4)(c4ccccc4)c4cccc(N(c5ccccc5)c5ccccc5)c4)cc3)cc21. The second kappa shape index (κ2) is 15.5. The first-order valence-electron chi connectivity index (χ1n) is 20.9. The van der Waals surface area contributed by atoms with E-state index >= 15 is 0 Å². The largest absolute Gasteiger partial charge is 0.311 e. The lowest BCUT2D eigenvalue weighted by Gasteiger charge is -2.36. The summed E-state index contributed by atoms with van der Waals surface area (Å²) in [5.74, 6) is 0. The molecule has 288 valence electrons. The van der Waals surface area contributed by atoms with Crippen molar-refractivity contribution in [2.45, 2.75) is 19.3 Å². The van der Waals surface area contributed by atoms with Crippen LogP contribution in [0.25, 0.3) is 11.1 Å². The summed E-state index contributed by atoms with van der Waals surface area (Å²) in [4.78, 5) is 4.78. The van der Waals surface area contributed by atoms with E-state index in [1.165, 1.54) is 43.0 Å². The van der Waals surface area contributed by atoms with Gasteiger partial charge in [0.1, 0.15) is 0 Å². The van der Waals surface area contributed by atoms with E-state index < -0.39 is 8.07 Å². The third-order valence-corrected chi connectivity index (χ3v) is 17.2. The molecule has 0 fully saturated rings. The maximum absolute atomic E-state index is 2.91. The van der Waals surface area contributed by atoms with Crippen molar-refractivity contribution in [1.82, 2.24) is 0 Å². The molecule has 0 atom stereocenters. The summed E-state index contributed by atoms with van der Waals surface area (Å²) < 4.78 is 0. The van der Waals surface area contributed by atoms with Crippen LogP contribution in [0, 0.1) is 0 Å². The maximum atomic E-state index is 2.45. The summed E-state index contributed by atoms with van der Waals surface area (Å²) in [5.41, 5.74) is 12.1. The Labute approximate surface area is 355 Å². The minimum absolute atomic E-state index is 0.101. The van der Waals surface area contributed by atoms with Crippen molar-refractivity contribution in [1.29, 1.82) is 0 Å². The van der Waals surface area contributed by atoms with Gasteiger partial charge in [-0.3, -0.25) is 0 Å². The number of hydrogen-bond donors (Lipinski definition) is 0. The standard InChI is InChI=1S/C57H46N2Si/c1-57(2)55-34-19-18-33-53(55)54-40-37-48(42-56(54)57)59(45-25-12-5-13-26-45)46-35-38-51(39-36-46)60(49-28-14-6-15-29-49,50-30-16-7-17-31-50)52-32-20-27-47(41-52)58(43-21-8-3-9-22-43)44-23-10-4-11-24-44/h3-42H,1-2H3. The first kappa shape index (κ1) is 37.1. The maximum Gasteiger partial charge on any atom is 0.179 e. The highest BCUT2D eigenvalue weighted by atomic mass is 28.3. The van der Waals surface area contributed by atoms with Gasteiger partial charge < -0.3 is 9.80 Å². The van der Waals surface area contributed by atoms with E-state index in [1.807, 2.05) is 0 Å². The molecule has 1 aliphatic rings. The molecule has 0 aliphatic heterocycles. The normalized spacial score (nSPS) is 12.6. The molecule has 0 saturated heterocycles. The van der Waals surface area contributed by atoms with Crippen LogP contribution in [-0.4, -0.2) is 8.07 Å². The van der Waals surface area contributed by atoms with Crippen LogP contribution >= 0.6 is 0 Å². The lowest BCUT2D eigenvalue weighted by molar-refractivity contribution is 0.660. The van der Waals surface area contributed by atoms with Crippen LogP contribution in [0.2, 0.25) is 0 Å². The van der Waals surface area contributed by atoms with Crippen LogP contribution in [0.3, 0.4) is 0 Å². The molecule has 2 nitrogen and oxygen atoms in total. The van der Waals surface area contributed by atoms with Crippen molar-refractivity contribution in [3.05, 3.63) is 254 Å². The molecule has 60 heavy (non-hydrogen) atoms. The first-order chi connectivity index (χ1) is 29.5. The zero-order chi connectivity index (χ0) is 40.5. The molecule has 9 aromatic carbocycles. The summed E-state index contributed by atoms with van der Waals surface area (Å²) >= 11 is 0. The smallest absolute Gasteiger partial charge is 0.179 e. The van der Waals surface area contributed by atoms with E-state index in [0.717, 1.165) is 34.1 Å². The number of fused-ring (bicyclic) bond motifs is 3. The molecular weight excluding hydrogens is 741 g/mol. The fourth-order valence-corrected chi connectivity index (χ4v) is 14.3. The number of nitrogens with zero attached hydrogens (tertiary/aromatic N) is 2. The van der Waals surface area contributed by atoms with Gasteiger partial charge in [-0.2, -0.15) is 0 Å². The van der Waals surface area contributed by atoms with E-state index in [4.69, 9.17) is 0 Å². The van der Waals surface area contributed by atoms with E-state index in [1.54, 1.807) is 0 Å². The molecule has 1 aliphatic carbocycles. The average Bonchev–Trinajstić information content (AvgIpc) is 3.54. The van der Waals surface area contributed by atoms with Crippen LogP contribution in [0.15, 0.2) is 243 Å². The van der Waals surface area contributed by atoms with Crippen molar-refractivity contribution in [3.8, 4) is 11.1 Å². The zero-order valence-electron chi connectivity index (χ0n) is 34.0. The topological polar surface area (TPSA) is 6.48 Å². The van der Waals surface area contributed by atoms with Gasteiger partial charge in [-0.15, -0.1) is 0 Å². The Bertz CT molecular complexity index is 2800. The molecule has 10 rings (SSSR count). The van der Waals surface area contributed by atoms with Gasteiger partial charge in [0.05, 0.1) is 0 Å².